The molecule has 10 nitrogen and oxygen atoms in total. The molecular formula is C26H48N6O4. The number of hydrogen-bond acceptors (Lipinski definition) is 6. The minimum Gasteiger partial charge on any atom is -0.386 e. The third-order valence-corrected chi connectivity index (χ3v) is 6.51. The molecule has 1 aliphatic heterocycles. The molecule has 1 aliphatic rings. The number of nitrogens with two attached hydrogens (primary N) is 1. The quantitative estimate of drug-likeness (QED) is 0.273. The van der Waals surface area contributed by atoms with E-state index in [-0.39, 0.29) is 17.7 Å². The standard InChI is InChI=1S/C26H48N6O4/c1-6-20-23(34)29-16-12-10-8-7-9-11-15-26(5,32-22(33)18(2)3)25(36)31-21(24(35)30-20)14-13-17-28-19(4)27/h18,20-21,28H,4,6-17,27H2,1-3,5H3,(H,29,34)(H,30,35)(H,31,36)(H,32,33)/t20-,21-,26+/m0/s1. The molecule has 3 atom stereocenters. The van der Waals surface area contributed by atoms with Crippen LogP contribution in [0.4, 0.5) is 0 Å². The Morgan fingerprint density at radius 2 is 1.69 bits per heavy atom. The lowest BCUT2D eigenvalue weighted by atomic mass is 9.91. The van der Waals surface area contributed by atoms with Crippen molar-refractivity contribution in [2.75, 3.05) is 13.1 Å². The molecule has 0 radical (unpaired) electrons. The number of nitrogens with one attached hydrogen (secondary N) is 5. The summed E-state index contributed by atoms with van der Waals surface area (Å²) in [6, 6.07) is -1.57. The molecule has 0 aromatic rings. The molecular weight excluding hydrogens is 460 g/mol. The molecule has 7 N–H and O–H groups in total. The van der Waals surface area contributed by atoms with Gasteiger partial charge in [0.25, 0.3) is 0 Å². The van der Waals surface area contributed by atoms with Gasteiger partial charge in [-0.3, -0.25) is 19.2 Å². The molecule has 1 rings (SSSR count). The maximum Gasteiger partial charge on any atom is 0.246 e. The first-order valence-corrected chi connectivity index (χ1v) is 13.4. The summed E-state index contributed by atoms with van der Waals surface area (Å²) in [7, 11) is 0. The summed E-state index contributed by atoms with van der Waals surface area (Å²) in [6.45, 7) is 11.7. The monoisotopic (exact) mass is 508 g/mol. The average molecular weight is 509 g/mol. The van der Waals surface area contributed by atoms with Crippen molar-refractivity contribution in [3.63, 3.8) is 0 Å². The van der Waals surface area contributed by atoms with E-state index in [1.807, 2.05) is 6.92 Å². The van der Waals surface area contributed by atoms with E-state index in [1.165, 1.54) is 0 Å². The second-order valence-corrected chi connectivity index (χ2v) is 10.2. The van der Waals surface area contributed by atoms with E-state index in [4.69, 9.17) is 5.73 Å². The number of carbonyl (C=O) groups is 4. The summed E-state index contributed by atoms with van der Waals surface area (Å²) in [5.41, 5.74) is 4.40. The van der Waals surface area contributed by atoms with Gasteiger partial charge in [-0.25, -0.2) is 0 Å². The average Bonchev–Trinajstić information content (AvgIpc) is 2.81. The highest BCUT2D eigenvalue weighted by Gasteiger charge is 2.37. The minimum absolute atomic E-state index is 0.215. The van der Waals surface area contributed by atoms with Gasteiger partial charge in [-0.05, 0) is 39.0 Å². The first-order chi connectivity index (χ1) is 17.0. The number of hydrogen-bond donors (Lipinski definition) is 6. The van der Waals surface area contributed by atoms with Gasteiger partial charge in [-0.15, -0.1) is 0 Å². The van der Waals surface area contributed by atoms with E-state index < -0.39 is 29.4 Å². The van der Waals surface area contributed by atoms with Gasteiger partial charge in [0.1, 0.15) is 17.6 Å². The van der Waals surface area contributed by atoms with Crippen molar-refractivity contribution in [3.8, 4) is 0 Å². The molecule has 0 spiro atoms. The van der Waals surface area contributed by atoms with Crippen molar-refractivity contribution in [1.29, 1.82) is 0 Å². The number of rotatable bonds is 8. The molecule has 0 bridgehead atoms. The maximum absolute atomic E-state index is 13.5. The van der Waals surface area contributed by atoms with Crippen molar-refractivity contribution < 1.29 is 19.2 Å². The lowest BCUT2D eigenvalue weighted by Gasteiger charge is -2.32. The van der Waals surface area contributed by atoms with Crippen LogP contribution >= 0.6 is 0 Å². The zero-order valence-electron chi connectivity index (χ0n) is 22.6. The van der Waals surface area contributed by atoms with Crippen molar-refractivity contribution in [3.05, 3.63) is 12.4 Å². The highest BCUT2D eigenvalue weighted by atomic mass is 16.2. The predicted octanol–water partition coefficient (Wildman–Crippen LogP) is 1.56. The molecule has 0 saturated carbocycles. The number of carbonyl (C=O) groups excluding carboxylic acids is 4. The van der Waals surface area contributed by atoms with Gasteiger partial charge in [0, 0.05) is 19.0 Å². The van der Waals surface area contributed by atoms with Crippen LogP contribution in [0.15, 0.2) is 12.4 Å². The van der Waals surface area contributed by atoms with Crippen LogP contribution in [0.2, 0.25) is 0 Å². The fourth-order valence-corrected chi connectivity index (χ4v) is 4.06. The number of amides is 4. The van der Waals surface area contributed by atoms with Gasteiger partial charge in [0.15, 0.2) is 0 Å². The van der Waals surface area contributed by atoms with E-state index in [9.17, 15) is 19.2 Å². The molecule has 0 aliphatic carbocycles. The van der Waals surface area contributed by atoms with Gasteiger partial charge >= 0.3 is 0 Å². The van der Waals surface area contributed by atoms with Gasteiger partial charge < -0.3 is 32.3 Å². The predicted molar refractivity (Wildman–Crippen MR) is 141 cm³/mol. The van der Waals surface area contributed by atoms with Crippen molar-refractivity contribution in [2.24, 2.45) is 11.7 Å². The van der Waals surface area contributed by atoms with E-state index >= 15 is 0 Å². The molecule has 10 heteroatoms. The van der Waals surface area contributed by atoms with E-state index in [0.29, 0.717) is 44.6 Å². The van der Waals surface area contributed by atoms with Gasteiger partial charge in [-0.1, -0.05) is 59.5 Å². The smallest absolute Gasteiger partial charge is 0.246 e. The Hall–Kier alpha value is -2.78. The summed E-state index contributed by atoms with van der Waals surface area (Å²) in [4.78, 5) is 51.9. The summed E-state index contributed by atoms with van der Waals surface area (Å²) in [6.07, 6.45) is 7.39. The van der Waals surface area contributed by atoms with Crippen molar-refractivity contribution in [2.45, 2.75) is 110 Å². The maximum atomic E-state index is 13.5. The fourth-order valence-electron chi connectivity index (χ4n) is 4.06. The lowest BCUT2D eigenvalue weighted by Crippen LogP contribution is -2.61. The molecule has 1 saturated heterocycles. The van der Waals surface area contributed by atoms with Gasteiger partial charge in [0.05, 0.1) is 5.82 Å². The molecule has 206 valence electrons. The molecule has 0 aromatic heterocycles. The van der Waals surface area contributed by atoms with Gasteiger partial charge in [0.2, 0.25) is 23.6 Å². The van der Waals surface area contributed by atoms with Crippen molar-refractivity contribution in [1.82, 2.24) is 26.6 Å². The van der Waals surface area contributed by atoms with Crippen LogP contribution in [0.5, 0.6) is 0 Å². The third-order valence-electron chi connectivity index (χ3n) is 6.51. The van der Waals surface area contributed by atoms with Crippen LogP contribution in [0.3, 0.4) is 0 Å². The van der Waals surface area contributed by atoms with Crippen LogP contribution in [0.25, 0.3) is 0 Å². The molecule has 1 fully saturated rings. The second kappa shape index (κ2) is 16.1. The van der Waals surface area contributed by atoms with Gasteiger partial charge in [-0.2, -0.15) is 0 Å². The van der Waals surface area contributed by atoms with E-state index in [0.717, 1.165) is 38.5 Å². The fraction of sp³-hybridized carbons (Fsp3) is 0.769. The Balaban J connectivity index is 3.16. The Morgan fingerprint density at radius 3 is 2.31 bits per heavy atom. The highest BCUT2D eigenvalue weighted by molar-refractivity contribution is 5.96. The van der Waals surface area contributed by atoms with Crippen LogP contribution in [0.1, 0.15) is 91.9 Å². The third kappa shape index (κ3) is 11.3. The van der Waals surface area contributed by atoms with Crippen molar-refractivity contribution >= 4 is 23.6 Å². The topological polar surface area (TPSA) is 154 Å². The molecule has 1 heterocycles. The summed E-state index contributed by atoms with van der Waals surface area (Å²) >= 11 is 0. The first-order valence-electron chi connectivity index (χ1n) is 13.4. The normalized spacial score (nSPS) is 25.2. The zero-order chi connectivity index (χ0) is 27.1. The Labute approximate surface area is 216 Å². The first kappa shape index (κ1) is 31.3. The minimum atomic E-state index is -1.15. The Bertz CT molecular complexity index is 757. The summed E-state index contributed by atoms with van der Waals surface area (Å²) < 4.78 is 0. The van der Waals surface area contributed by atoms with Crippen LogP contribution < -0.4 is 32.3 Å². The second-order valence-electron chi connectivity index (χ2n) is 10.2. The summed E-state index contributed by atoms with van der Waals surface area (Å²) in [5.74, 6) is -1.24. The van der Waals surface area contributed by atoms with Crippen LogP contribution in [-0.2, 0) is 19.2 Å². The Kier molecular flexibility index (Phi) is 13.9. The highest BCUT2D eigenvalue weighted by Crippen LogP contribution is 2.19. The largest absolute Gasteiger partial charge is 0.386 e. The summed E-state index contributed by atoms with van der Waals surface area (Å²) in [5, 5.41) is 14.4. The molecule has 0 aromatic carbocycles. The zero-order valence-corrected chi connectivity index (χ0v) is 22.6. The van der Waals surface area contributed by atoms with Crippen LogP contribution in [0, 0.1) is 5.92 Å². The van der Waals surface area contributed by atoms with E-state index in [1.54, 1.807) is 20.8 Å². The van der Waals surface area contributed by atoms with Crippen LogP contribution in [-0.4, -0.2) is 54.3 Å². The van der Waals surface area contributed by atoms with E-state index in [2.05, 4.69) is 33.2 Å². The lowest BCUT2D eigenvalue weighted by molar-refractivity contribution is -0.137. The Morgan fingerprint density at radius 1 is 1.06 bits per heavy atom. The SMILES string of the molecule is C=C(N)NCCC[C@@H]1NC(=O)[C@](C)(NC(=O)C(C)C)CCCCCCCCNC(=O)[C@H](CC)NC1=O. The molecule has 0 unspecified atom stereocenters. The molecule has 4 amide bonds. The molecule has 36 heavy (non-hydrogen) atoms.